The van der Waals surface area contributed by atoms with Crippen LogP contribution in [0.15, 0.2) is 18.3 Å². The van der Waals surface area contributed by atoms with Gasteiger partial charge in [0, 0.05) is 32.4 Å². The van der Waals surface area contributed by atoms with Gasteiger partial charge in [0.05, 0.1) is 0 Å². The third-order valence-electron chi connectivity index (χ3n) is 2.77. The van der Waals surface area contributed by atoms with Crippen LogP contribution in [-0.4, -0.2) is 54.8 Å². The van der Waals surface area contributed by atoms with Gasteiger partial charge in [-0.1, -0.05) is 0 Å². The Kier molecular flexibility index (Phi) is 4.43. The van der Waals surface area contributed by atoms with Gasteiger partial charge in [0.2, 0.25) is 0 Å². The standard InChI is InChI=1S/C12H14F3N3O2/c13-12(14,15)8-20-9-2-1-3-17-10(9)11(19)18-6-4-16-5-7-18/h1-3,16H,4-8H2. The number of carbonyl (C=O) groups excluding carboxylic acids is 1. The van der Waals surface area contributed by atoms with E-state index in [1.807, 2.05) is 0 Å². The van der Waals surface area contributed by atoms with Crippen molar-refractivity contribution in [1.29, 1.82) is 0 Å². The zero-order valence-electron chi connectivity index (χ0n) is 10.6. The third kappa shape index (κ3) is 3.83. The molecule has 0 aromatic carbocycles. The highest BCUT2D eigenvalue weighted by Gasteiger charge is 2.30. The van der Waals surface area contributed by atoms with Gasteiger partial charge in [0.1, 0.15) is 0 Å². The second-order valence-electron chi connectivity index (χ2n) is 4.30. The summed E-state index contributed by atoms with van der Waals surface area (Å²) < 4.78 is 41.2. The molecule has 1 saturated heterocycles. The smallest absolute Gasteiger partial charge is 0.422 e. The largest absolute Gasteiger partial charge is 0.482 e. The molecule has 5 nitrogen and oxygen atoms in total. The van der Waals surface area contributed by atoms with E-state index >= 15 is 0 Å². The Morgan fingerprint density at radius 3 is 2.75 bits per heavy atom. The number of nitrogens with one attached hydrogen (secondary N) is 1. The van der Waals surface area contributed by atoms with Crippen molar-refractivity contribution in [3.05, 3.63) is 24.0 Å². The average Bonchev–Trinajstić information content (AvgIpc) is 2.45. The lowest BCUT2D eigenvalue weighted by molar-refractivity contribution is -0.153. The van der Waals surface area contributed by atoms with E-state index in [1.165, 1.54) is 18.3 Å². The molecule has 0 radical (unpaired) electrons. The number of nitrogens with zero attached hydrogens (tertiary/aromatic N) is 2. The first kappa shape index (κ1) is 14.6. The Balaban J connectivity index is 2.12. The predicted octanol–water partition coefficient (Wildman–Crippen LogP) is 1.07. The van der Waals surface area contributed by atoms with E-state index in [9.17, 15) is 18.0 Å². The maximum Gasteiger partial charge on any atom is 0.422 e. The molecule has 8 heteroatoms. The number of pyridine rings is 1. The topological polar surface area (TPSA) is 54.5 Å². The van der Waals surface area contributed by atoms with Crippen molar-refractivity contribution in [1.82, 2.24) is 15.2 Å². The van der Waals surface area contributed by atoms with Gasteiger partial charge in [0.15, 0.2) is 18.1 Å². The monoisotopic (exact) mass is 289 g/mol. The molecule has 0 atom stereocenters. The molecule has 0 aliphatic carbocycles. The molecule has 0 spiro atoms. The second kappa shape index (κ2) is 6.08. The Hall–Kier alpha value is -1.83. The molecule has 1 N–H and O–H groups in total. The zero-order valence-corrected chi connectivity index (χ0v) is 10.6. The number of amides is 1. The quantitative estimate of drug-likeness (QED) is 0.904. The van der Waals surface area contributed by atoms with Crippen molar-refractivity contribution in [3.8, 4) is 5.75 Å². The lowest BCUT2D eigenvalue weighted by Gasteiger charge is -2.27. The van der Waals surface area contributed by atoms with Crippen LogP contribution in [0.2, 0.25) is 0 Å². The highest BCUT2D eigenvalue weighted by atomic mass is 19.4. The number of rotatable bonds is 3. The van der Waals surface area contributed by atoms with Crippen LogP contribution in [-0.2, 0) is 0 Å². The van der Waals surface area contributed by atoms with Gasteiger partial charge in [-0.2, -0.15) is 13.2 Å². The Labute approximate surface area is 113 Å². The lowest BCUT2D eigenvalue weighted by Crippen LogP contribution is -2.46. The summed E-state index contributed by atoms with van der Waals surface area (Å²) in [6.07, 6.45) is -3.10. The van der Waals surface area contributed by atoms with Gasteiger partial charge >= 0.3 is 6.18 Å². The summed E-state index contributed by atoms with van der Waals surface area (Å²) in [7, 11) is 0. The van der Waals surface area contributed by atoms with Crippen LogP contribution in [0.3, 0.4) is 0 Å². The minimum absolute atomic E-state index is 0.0846. The molecule has 2 heterocycles. The summed E-state index contributed by atoms with van der Waals surface area (Å²) >= 11 is 0. The van der Waals surface area contributed by atoms with Gasteiger partial charge in [-0.15, -0.1) is 0 Å². The molecular formula is C12H14F3N3O2. The molecule has 110 valence electrons. The fourth-order valence-corrected chi connectivity index (χ4v) is 1.84. The third-order valence-corrected chi connectivity index (χ3v) is 2.77. The lowest BCUT2D eigenvalue weighted by atomic mass is 10.2. The zero-order chi connectivity index (χ0) is 14.6. The molecule has 1 aliphatic heterocycles. The van der Waals surface area contributed by atoms with Crippen molar-refractivity contribution < 1.29 is 22.7 Å². The van der Waals surface area contributed by atoms with E-state index in [0.717, 1.165) is 0 Å². The van der Waals surface area contributed by atoms with Crippen LogP contribution in [0.4, 0.5) is 13.2 Å². The van der Waals surface area contributed by atoms with Crippen LogP contribution >= 0.6 is 0 Å². The number of halogens is 3. The summed E-state index contributed by atoms with van der Waals surface area (Å²) in [4.78, 5) is 17.6. The number of aromatic nitrogens is 1. The van der Waals surface area contributed by atoms with Crippen LogP contribution in [0.1, 0.15) is 10.5 Å². The fraction of sp³-hybridized carbons (Fsp3) is 0.500. The molecule has 1 fully saturated rings. The van der Waals surface area contributed by atoms with E-state index in [-0.39, 0.29) is 11.4 Å². The van der Waals surface area contributed by atoms with Crippen LogP contribution in [0.25, 0.3) is 0 Å². The number of piperazine rings is 1. The summed E-state index contributed by atoms with van der Waals surface area (Å²) in [5, 5.41) is 3.09. The first-order valence-corrected chi connectivity index (χ1v) is 6.12. The molecule has 0 saturated carbocycles. The Bertz CT molecular complexity index is 473. The van der Waals surface area contributed by atoms with E-state index in [2.05, 4.69) is 15.0 Å². The highest BCUT2D eigenvalue weighted by Crippen LogP contribution is 2.21. The molecule has 1 aromatic heterocycles. The first-order valence-electron chi connectivity index (χ1n) is 6.12. The minimum Gasteiger partial charge on any atom is -0.482 e. The van der Waals surface area contributed by atoms with E-state index < -0.39 is 18.7 Å². The number of hydrogen-bond acceptors (Lipinski definition) is 4. The Morgan fingerprint density at radius 1 is 1.40 bits per heavy atom. The molecule has 0 bridgehead atoms. The van der Waals surface area contributed by atoms with Crippen LogP contribution < -0.4 is 10.1 Å². The highest BCUT2D eigenvalue weighted by molar-refractivity contribution is 5.95. The number of carbonyl (C=O) groups is 1. The molecular weight excluding hydrogens is 275 g/mol. The predicted molar refractivity (Wildman–Crippen MR) is 64.6 cm³/mol. The molecule has 1 amide bonds. The number of ether oxygens (including phenoxy) is 1. The first-order chi connectivity index (χ1) is 9.47. The summed E-state index contributed by atoms with van der Waals surface area (Å²) in [6, 6.07) is 2.74. The molecule has 20 heavy (non-hydrogen) atoms. The normalized spacial score (nSPS) is 16.1. The van der Waals surface area contributed by atoms with Gasteiger partial charge in [-0.3, -0.25) is 4.79 Å². The minimum atomic E-state index is -4.45. The van der Waals surface area contributed by atoms with Gasteiger partial charge in [-0.25, -0.2) is 4.98 Å². The van der Waals surface area contributed by atoms with Crippen molar-refractivity contribution in [2.24, 2.45) is 0 Å². The van der Waals surface area contributed by atoms with Gasteiger partial charge in [0.25, 0.3) is 5.91 Å². The number of alkyl halides is 3. The second-order valence-corrected chi connectivity index (χ2v) is 4.30. The summed E-state index contributed by atoms with van der Waals surface area (Å²) in [5.41, 5.74) is -0.0846. The van der Waals surface area contributed by atoms with E-state index in [0.29, 0.717) is 26.2 Å². The van der Waals surface area contributed by atoms with Crippen LogP contribution in [0.5, 0.6) is 5.75 Å². The maximum atomic E-state index is 12.2. The average molecular weight is 289 g/mol. The Morgan fingerprint density at radius 2 is 2.10 bits per heavy atom. The van der Waals surface area contributed by atoms with E-state index in [4.69, 9.17) is 0 Å². The molecule has 0 unspecified atom stereocenters. The molecule has 1 aromatic rings. The fourth-order valence-electron chi connectivity index (χ4n) is 1.84. The maximum absolute atomic E-state index is 12.2. The molecule has 1 aliphatic rings. The molecule has 2 rings (SSSR count). The SMILES string of the molecule is O=C(c1ncccc1OCC(F)(F)F)N1CCNCC1. The van der Waals surface area contributed by atoms with Crippen LogP contribution in [0, 0.1) is 0 Å². The van der Waals surface area contributed by atoms with Gasteiger partial charge < -0.3 is 15.0 Å². The van der Waals surface area contributed by atoms with Crippen molar-refractivity contribution >= 4 is 5.91 Å². The number of hydrogen-bond donors (Lipinski definition) is 1. The van der Waals surface area contributed by atoms with Gasteiger partial charge in [-0.05, 0) is 12.1 Å². The van der Waals surface area contributed by atoms with Crippen molar-refractivity contribution in [2.45, 2.75) is 6.18 Å². The van der Waals surface area contributed by atoms with E-state index in [1.54, 1.807) is 4.90 Å². The summed E-state index contributed by atoms with van der Waals surface area (Å²) in [6.45, 7) is 0.845. The van der Waals surface area contributed by atoms with Crippen molar-refractivity contribution in [3.63, 3.8) is 0 Å². The summed E-state index contributed by atoms with van der Waals surface area (Å²) in [5.74, 6) is -0.558. The van der Waals surface area contributed by atoms with Crippen molar-refractivity contribution in [2.75, 3.05) is 32.8 Å².